The molecule has 21 heavy (non-hydrogen) atoms. The highest BCUT2D eigenvalue weighted by Crippen LogP contribution is 2.27. The van der Waals surface area contributed by atoms with E-state index in [9.17, 15) is 0 Å². The fraction of sp³-hybridized carbons (Fsp3) is 0.235. The summed E-state index contributed by atoms with van der Waals surface area (Å²) < 4.78 is 0. The lowest BCUT2D eigenvalue weighted by Crippen LogP contribution is -2.05. The van der Waals surface area contributed by atoms with Crippen molar-refractivity contribution in [2.24, 2.45) is 0 Å². The summed E-state index contributed by atoms with van der Waals surface area (Å²) in [5.74, 6) is 1.62. The molecule has 3 aromatic rings. The number of para-hydroxylation sites is 1. The third-order valence-corrected chi connectivity index (χ3v) is 3.68. The lowest BCUT2D eigenvalue weighted by atomic mass is 10.1. The Hall–Kier alpha value is -2.49. The highest BCUT2D eigenvalue weighted by atomic mass is 15.0. The van der Waals surface area contributed by atoms with E-state index in [1.807, 2.05) is 32.2 Å². The van der Waals surface area contributed by atoms with Crippen LogP contribution in [0.4, 0.5) is 5.82 Å². The second-order valence-corrected chi connectivity index (χ2v) is 4.94. The van der Waals surface area contributed by atoms with Gasteiger partial charge in [-0.2, -0.15) is 0 Å². The fourth-order valence-electron chi connectivity index (χ4n) is 2.63. The molecule has 2 aromatic heterocycles. The molecule has 0 atom stereocenters. The van der Waals surface area contributed by atoms with E-state index in [0.29, 0.717) is 0 Å². The van der Waals surface area contributed by atoms with E-state index >= 15 is 0 Å². The summed E-state index contributed by atoms with van der Waals surface area (Å²) in [6.07, 6.45) is 2.72. The molecule has 4 nitrogen and oxygen atoms in total. The number of benzene rings is 1. The molecule has 0 spiro atoms. The lowest BCUT2D eigenvalue weighted by molar-refractivity contribution is 1.00. The average molecular weight is 278 g/mol. The zero-order valence-electron chi connectivity index (χ0n) is 12.5. The number of hydrogen-bond donors (Lipinski definition) is 1. The first kappa shape index (κ1) is 13.5. The van der Waals surface area contributed by atoms with Gasteiger partial charge in [-0.1, -0.05) is 25.1 Å². The van der Waals surface area contributed by atoms with Crippen molar-refractivity contribution in [3.8, 4) is 11.4 Å². The van der Waals surface area contributed by atoms with Crippen molar-refractivity contribution in [2.75, 3.05) is 12.4 Å². The average Bonchev–Trinajstić information content (AvgIpc) is 2.53. The summed E-state index contributed by atoms with van der Waals surface area (Å²) in [6.45, 7) is 4.15. The molecule has 3 rings (SSSR count). The number of hydrogen-bond acceptors (Lipinski definition) is 4. The van der Waals surface area contributed by atoms with Crippen LogP contribution in [-0.4, -0.2) is 22.0 Å². The Morgan fingerprint density at radius 3 is 2.67 bits per heavy atom. The van der Waals surface area contributed by atoms with Gasteiger partial charge in [0.15, 0.2) is 5.82 Å². The van der Waals surface area contributed by atoms with Crippen molar-refractivity contribution in [3.63, 3.8) is 0 Å². The van der Waals surface area contributed by atoms with Crippen LogP contribution < -0.4 is 5.32 Å². The Bertz CT molecular complexity index is 791. The molecule has 0 aliphatic rings. The predicted octanol–water partition coefficient (Wildman–Crippen LogP) is 3.60. The van der Waals surface area contributed by atoms with E-state index in [0.717, 1.165) is 45.8 Å². The van der Waals surface area contributed by atoms with E-state index in [2.05, 4.69) is 39.3 Å². The number of nitrogens with zero attached hydrogens (tertiary/aromatic N) is 3. The molecule has 0 aliphatic heterocycles. The Kier molecular flexibility index (Phi) is 3.52. The second kappa shape index (κ2) is 5.48. The zero-order valence-corrected chi connectivity index (χ0v) is 12.5. The van der Waals surface area contributed by atoms with E-state index in [1.165, 1.54) is 0 Å². The molecule has 0 radical (unpaired) electrons. The topological polar surface area (TPSA) is 50.7 Å². The van der Waals surface area contributed by atoms with Crippen LogP contribution in [0.15, 0.2) is 36.5 Å². The fourth-order valence-corrected chi connectivity index (χ4v) is 2.63. The summed E-state index contributed by atoms with van der Waals surface area (Å²) in [5.41, 5.74) is 4.08. The molecule has 2 heterocycles. The Balaban J connectivity index is 2.26. The van der Waals surface area contributed by atoms with Crippen LogP contribution >= 0.6 is 0 Å². The molecule has 0 saturated heterocycles. The first-order chi connectivity index (χ1) is 10.2. The minimum atomic E-state index is 0.721. The van der Waals surface area contributed by atoms with Crippen LogP contribution in [0.5, 0.6) is 0 Å². The van der Waals surface area contributed by atoms with Gasteiger partial charge in [0, 0.05) is 35.5 Å². The van der Waals surface area contributed by atoms with Crippen LogP contribution in [0.1, 0.15) is 18.2 Å². The molecule has 0 fully saturated rings. The van der Waals surface area contributed by atoms with E-state index < -0.39 is 0 Å². The zero-order chi connectivity index (χ0) is 14.8. The van der Waals surface area contributed by atoms with Crippen LogP contribution in [0.3, 0.4) is 0 Å². The highest BCUT2D eigenvalue weighted by Gasteiger charge is 2.13. The first-order valence-corrected chi connectivity index (χ1v) is 7.14. The van der Waals surface area contributed by atoms with Gasteiger partial charge in [-0.25, -0.2) is 9.97 Å². The molecule has 0 aliphatic carbocycles. The molecule has 0 unspecified atom stereocenters. The number of aryl methyl sites for hydroxylation is 1. The second-order valence-electron chi connectivity index (χ2n) is 4.94. The number of fused-ring (bicyclic) bond motifs is 1. The Morgan fingerprint density at radius 1 is 1.10 bits per heavy atom. The van der Waals surface area contributed by atoms with Gasteiger partial charge < -0.3 is 5.32 Å². The molecule has 4 heteroatoms. The quantitative estimate of drug-likeness (QED) is 0.795. The number of nitrogens with one attached hydrogen (secondary N) is 1. The van der Waals surface area contributed by atoms with Gasteiger partial charge in [-0.15, -0.1) is 0 Å². The number of anilines is 1. The SMILES string of the molecule is CCc1c(C)nc(-c2cccc3cccnc23)nc1NC. The minimum absolute atomic E-state index is 0.721. The van der Waals surface area contributed by atoms with Gasteiger partial charge in [0.1, 0.15) is 5.82 Å². The van der Waals surface area contributed by atoms with Gasteiger partial charge in [0.25, 0.3) is 0 Å². The van der Waals surface area contributed by atoms with Crippen molar-refractivity contribution in [2.45, 2.75) is 20.3 Å². The maximum atomic E-state index is 4.68. The van der Waals surface area contributed by atoms with Crippen LogP contribution in [0.25, 0.3) is 22.3 Å². The molecular weight excluding hydrogens is 260 g/mol. The molecule has 106 valence electrons. The molecule has 0 saturated carbocycles. The largest absolute Gasteiger partial charge is 0.373 e. The summed E-state index contributed by atoms with van der Waals surface area (Å²) in [7, 11) is 1.89. The Morgan fingerprint density at radius 2 is 1.90 bits per heavy atom. The van der Waals surface area contributed by atoms with Crippen molar-refractivity contribution in [3.05, 3.63) is 47.8 Å². The van der Waals surface area contributed by atoms with Crippen molar-refractivity contribution in [1.82, 2.24) is 15.0 Å². The number of aromatic nitrogens is 3. The van der Waals surface area contributed by atoms with E-state index in [4.69, 9.17) is 0 Å². The van der Waals surface area contributed by atoms with Crippen LogP contribution in [0.2, 0.25) is 0 Å². The highest BCUT2D eigenvalue weighted by molar-refractivity contribution is 5.91. The number of pyridine rings is 1. The van der Waals surface area contributed by atoms with Gasteiger partial charge >= 0.3 is 0 Å². The van der Waals surface area contributed by atoms with E-state index in [1.54, 1.807) is 6.20 Å². The van der Waals surface area contributed by atoms with E-state index in [-0.39, 0.29) is 0 Å². The lowest BCUT2D eigenvalue weighted by Gasteiger charge is -2.12. The summed E-state index contributed by atoms with van der Waals surface area (Å²) >= 11 is 0. The predicted molar refractivity (Wildman–Crippen MR) is 86.4 cm³/mol. The third kappa shape index (κ3) is 2.33. The van der Waals surface area contributed by atoms with Crippen molar-refractivity contribution in [1.29, 1.82) is 0 Å². The standard InChI is InChI=1S/C17H18N4/c1-4-13-11(2)20-17(21-16(13)18-3)14-9-5-7-12-8-6-10-19-15(12)14/h5-10H,4H2,1-3H3,(H,18,20,21). The van der Waals surface area contributed by atoms with Crippen molar-refractivity contribution < 1.29 is 0 Å². The van der Waals surface area contributed by atoms with Gasteiger partial charge in [0.2, 0.25) is 0 Å². The van der Waals surface area contributed by atoms with Gasteiger partial charge in [-0.05, 0) is 25.5 Å². The third-order valence-electron chi connectivity index (χ3n) is 3.68. The minimum Gasteiger partial charge on any atom is -0.373 e. The van der Waals surface area contributed by atoms with Crippen molar-refractivity contribution >= 4 is 16.7 Å². The summed E-state index contributed by atoms with van der Waals surface area (Å²) in [6, 6.07) is 10.1. The maximum absolute atomic E-state index is 4.68. The van der Waals surface area contributed by atoms with Gasteiger partial charge in [0.05, 0.1) is 5.52 Å². The first-order valence-electron chi connectivity index (χ1n) is 7.14. The van der Waals surface area contributed by atoms with Crippen LogP contribution in [0, 0.1) is 6.92 Å². The molecule has 1 N–H and O–H groups in total. The monoisotopic (exact) mass is 278 g/mol. The maximum Gasteiger partial charge on any atom is 0.163 e. The summed E-state index contributed by atoms with van der Waals surface area (Å²) in [5, 5.41) is 4.27. The molecule has 1 aromatic carbocycles. The summed E-state index contributed by atoms with van der Waals surface area (Å²) in [4.78, 5) is 13.8. The smallest absolute Gasteiger partial charge is 0.163 e. The molecule has 0 amide bonds. The van der Waals surface area contributed by atoms with Crippen LogP contribution in [-0.2, 0) is 6.42 Å². The Labute approximate surface area is 124 Å². The normalized spacial score (nSPS) is 10.8. The molecular formula is C17H18N4. The molecule has 0 bridgehead atoms. The van der Waals surface area contributed by atoms with Gasteiger partial charge in [-0.3, -0.25) is 4.98 Å². The number of rotatable bonds is 3.